The van der Waals surface area contributed by atoms with Crippen molar-refractivity contribution in [2.75, 3.05) is 26.7 Å². The third kappa shape index (κ3) is 4.50. The van der Waals surface area contributed by atoms with Gasteiger partial charge in [0.25, 0.3) is 0 Å². The SMILES string of the molecule is CCNC(CN(CC)C(C)C)c1cc(C)ccc1OC. The van der Waals surface area contributed by atoms with Crippen molar-refractivity contribution in [1.29, 1.82) is 0 Å². The van der Waals surface area contributed by atoms with E-state index >= 15 is 0 Å². The molecule has 1 N–H and O–H groups in total. The fraction of sp³-hybridized carbons (Fsp3) is 0.647. The van der Waals surface area contributed by atoms with Crippen molar-refractivity contribution < 1.29 is 4.74 Å². The molecule has 114 valence electrons. The first-order chi connectivity index (χ1) is 9.53. The van der Waals surface area contributed by atoms with Crippen LogP contribution in [0.3, 0.4) is 0 Å². The third-order valence-electron chi connectivity index (χ3n) is 3.76. The Morgan fingerprint density at radius 3 is 2.45 bits per heavy atom. The van der Waals surface area contributed by atoms with Gasteiger partial charge in [-0.15, -0.1) is 0 Å². The minimum atomic E-state index is 0.303. The van der Waals surface area contributed by atoms with Gasteiger partial charge >= 0.3 is 0 Å². The Balaban J connectivity index is 3.03. The average molecular weight is 278 g/mol. The maximum absolute atomic E-state index is 5.54. The maximum atomic E-state index is 5.54. The van der Waals surface area contributed by atoms with Crippen LogP contribution in [-0.4, -0.2) is 37.7 Å². The summed E-state index contributed by atoms with van der Waals surface area (Å²) < 4.78 is 5.54. The molecule has 0 amide bonds. The summed E-state index contributed by atoms with van der Waals surface area (Å²) in [5, 5.41) is 3.60. The molecule has 0 fully saturated rings. The molecule has 20 heavy (non-hydrogen) atoms. The van der Waals surface area contributed by atoms with Crippen molar-refractivity contribution in [2.45, 2.75) is 46.7 Å². The van der Waals surface area contributed by atoms with E-state index in [9.17, 15) is 0 Å². The molecule has 0 bridgehead atoms. The van der Waals surface area contributed by atoms with E-state index in [2.05, 4.69) is 63.0 Å². The van der Waals surface area contributed by atoms with Gasteiger partial charge in [0.15, 0.2) is 0 Å². The zero-order valence-electron chi connectivity index (χ0n) is 13.9. The van der Waals surface area contributed by atoms with Crippen LogP contribution in [0.2, 0.25) is 0 Å². The van der Waals surface area contributed by atoms with E-state index in [1.165, 1.54) is 11.1 Å². The van der Waals surface area contributed by atoms with Crippen LogP contribution in [0, 0.1) is 6.92 Å². The van der Waals surface area contributed by atoms with Crippen LogP contribution in [0.5, 0.6) is 5.75 Å². The van der Waals surface area contributed by atoms with Crippen molar-refractivity contribution in [3.8, 4) is 5.75 Å². The minimum Gasteiger partial charge on any atom is -0.496 e. The van der Waals surface area contributed by atoms with Crippen LogP contribution in [0.1, 0.15) is 44.9 Å². The van der Waals surface area contributed by atoms with Gasteiger partial charge in [0, 0.05) is 24.2 Å². The van der Waals surface area contributed by atoms with Crippen molar-refractivity contribution in [1.82, 2.24) is 10.2 Å². The minimum absolute atomic E-state index is 0.303. The highest BCUT2D eigenvalue weighted by atomic mass is 16.5. The Hall–Kier alpha value is -1.06. The lowest BCUT2D eigenvalue weighted by atomic mass is 10.0. The molecule has 1 atom stereocenters. The summed E-state index contributed by atoms with van der Waals surface area (Å²) in [5.74, 6) is 0.973. The van der Waals surface area contributed by atoms with E-state index in [1.807, 2.05) is 0 Å². The summed E-state index contributed by atoms with van der Waals surface area (Å²) >= 11 is 0. The Morgan fingerprint density at radius 2 is 1.95 bits per heavy atom. The highest BCUT2D eigenvalue weighted by Crippen LogP contribution is 2.27. The molecule has 0 saturated carbocycles. The molecular formula is C17H30N2O. The molecule has 0 saturated heterocycles. The second-order valence-electron chi connectivity index (χ2n) is 5.54. The molecule has 0 aliphatic rings. The lowest BCUT2D eigenvalue weighted by Crippen LogP contribution is -2.39. The molecule has 0 radical (unpaired) electrons. The number of benzene rings is 1. The Bertz CT molecular complexity index is 404. The summed E-state index contributed by atoms with van der Waals surface area (Å²) in [4.78, 5) is 2.48. The fourth-order valence-corrected chi connectivity index (χ4v) is 2.58. The standard InChI is InChI=1S/C17H30N2O/c1-7-18-16(12-19(8-2)13(3)4)15-11-14(5)9-10-17(15)20-6/h9-11,13,16,18H,7-8,12H2,1-6H3. The average Bonchev–Trinajstić information content (AvgIpc) is 2.43. The lowest BCUT2D eigenvalue weighted by Gasteiger charge is -2.31. The Labute approximate surface area is 124 Å². The summed E-state index contributed by atoms with van der Waals surface area (Å²) in [7, 11) is 1.75. The second kappa shape index (κ2) is 8.28. The first kappa shape index (κ1) is 17.0. The number of hydrogen-bond donors (Lipinski definition) is 1. The second-order valence-corrected chi connectivity index (χ2v) is 5.54. The van der Waals surface area contributed by atoms with Gasteiger partial charge in [-0.2, -0.15) is 0 Å². The van der Waals surface area contributed by atoms with E-state index in [1.54, 1.807) is 7.11 Å². The number of rotatable bonds is 8. The first-order valence-corrected chi connectivity index (χ1v) is 7.65. The van der Waals surface area contributed by atoms with E-state index < -0.39 is 0 Å². The van der Waals surface area contributed by atoms with Gasteiger partial charge in [0.05, 0.1) is 7.11 Å². The van der Waals surface area contributed by atoms with Crippen LogP contribution in [-0.2, 0) is 0 Å². The molecule has 0 aliphatic heterocycles. The van der Waals surface area contributed by atoms with Crippen LogP contribution in [0.25, 0.3) is 0 Å². The molecule has 1 aromatic carbocycles. The van der Waals surface area contributed by atoms with E-state index in [4.69, 9.17) is 4.74 Å². The van der Waals surface area contributed by atoms with Crippen LogP contribution in [0.4, 0.5) is 0 Å². The van der Waals surface area contributed by atoms with E-state index in [-0.39, 0.29) is 0 Å². The summed E-state index contributed by atoms with van der Waals surface area (Å²) in [6.07, 6.45) is 0. The topological polar surface area (TPSA) is 24.5 Å². The number of nitrogens with zero attached hydrogens (tertiary/aromatic N) is 1. The number of aryl methyl sites for hydroxylation is 1. The lowest BCUT2D eigenvalue weighted by molar-refractivity contribution is 0.206. The third-order valence-corrected chi connectivity index (χ3v) is 3.76. The molecule has 3 heteroatoms. The van der Waals surface area contributed by atoms with Gasteiger partial charge in [-0.1, -0.05) is 31.5 Å². The predicted molar refractivity (Wildman–Crippen MR) is 86.5 cm³/mol. The first-order valence-electron chi connectivity index (χ1n) is 7.65. The normalized spacial score (nSPS) is 13.0. The van der Waals surface area contributed by atoms with Crippen LogP contribution >= 0.6 is 0 Å². The maximum Gasteiger partial charge on any atom is 0.123 e. The molecular weight excluding hydrogens is 248 g/mol. The van der Waals surface area contributed by atoms with Gasteiger partial charge < -0.3 is 10.1 Å². The molecule has 1 unspecified atom stereocenters. The van der Waals surface area contributed by atoms with Gasteiger partial charge in [-0.25, -0.2) is 0 Å². The molecule has 1 rings (SSSR count). The van der Waals surface area contributed by atoms with Gasteiger partial charge in [-0.05, 0) is 39.9 Å². The van der Waals surface area contributed by atoms with Crippen molar-refractivity contribution in [3.63, 3.8) is 0 Å². The molecule has 1 aromatic rings. The Morgan fingerprint density at radius 1 is 1.25 bits per heavy atom. The molecule has 3 nitrogen and oxygen atoms in total. The number of ether oxygens (including phenoxy) is 1. The van der Waals surface area contributed by atoms with Crippen molar-refractivity contribution >= 4 is 0 Å². The molecule has 0 aliphatic carbocycles. The fourth-order valence-electron chi connectivity index (χ4n) is 2.58. The molecule has 0 heterocycles. The summed E-state index contributed by atoms with van der Waals surface area (Å²) in [6.45, 7) is 14.0. The monoisotopic (exact) mass is 278 g/mol. The molecule has 0 spiro atoms. The number of nitrogens with one attached hydrogen (secondary N) is 1. The van der Waals surface area contributed by atoms with Gasteiger partial charge in [0.1, 0.15) is 5.75 Å². The zero-order chi connectivity index (χ0) is 15.1. The van der Waals surface area contributed by atoms with E-state index in [0.717, 1.165) is 25.4 Å². The zero-order valence-corrected chi connectivity index (χ0v) is 13.9. The highest BCUT2D eigenvalue weighted by Gasteiger charge is 2.19. The van der Waals surface area contributed by atoms with Crippen molar-refractivity contribution in [3.05, 3.63) is 29.3 Å². The van der Waals surface area contributed by atoms with Gasteiger partial charge in [-0.3, -0.25) is 4.90 Å². The van der Waals surface area contributed by atoms with E-state index in [0.29, 0.717) is 12.1 Å². The van der Waals surface area contributed by atoms with Crippen molar-refractivity contribution in [2.24, 2.45) is 0 Å². The molecule has 0 aromatic heterocycles. The number of likely N-dealkylation sites (N-methyl/N-ethyl adjacent to an activating group) is 2. The summed E-state index contributed by atoms with van der Waals surface area (Å²) in [6, 6.07) is 7.26. The smallest absolute Gasteiger partial charge is 0.123 e. The largest absolute Gasteiger partial charge is 0.496 e. The van der Waals surface area contributed by atoms with Gasteiger partial charge in [0.2, 0.25) is 0 Å². The Kier molecular flexibility index (Phi) is 7.03. The highest BCUT2D eigenvalue weighted by molar-refractivity contribution is 5.39. The summed E-state index contributed by atoms with van der Waals surface area (Å²) in [5.41, 5.74) is 2.53. The quantitative estimate of drug-likeness (QED) is 0.789. The number of hydrogen-bond acceptors (Lipinski definition) is 3. The van der Waals surface area contributed by atoms with Crippen LogP contribution < -0.4 is 10.1 Å². The number of methoxy groups -OCH3 is 1. The van der Waals surface area contributed by atoms with Crippen LogP contribution in [0.15, 0.2) is 18.2 Å². The predicted octanol–water partition coefficient (Wildman–Crippen LogP) is 3.38.